The van der Waals surface area contributed by atoms with Crippen molar-refractivity contribution in [1.29, 1.82) is 0 Å². The second-order valence-electron chi connectivity index (χ2n) is 2.67. The van der Waals surface area contributed by atoms with E-state index in [9.17, 15) is 13.2 Å². The van der Waals surface area contributed by atoms with E-state index in [1.165, 1.54) is 12.1 Å². The smallest absolute Gasteiger partial charge is 0.388 e. The molecule has 0 aliphatic heterocycles. The summed E-state index contributed by atoms with van der Waals surface area (Å²) in [6.07, 6.45) is -4.52. The van der Waals surface area contributed by atoms with E-state index in [0.717, 1.165) is 0 Å². The molecule has 1 aromatic rings. The largest absolute Gasteiger partial charge is 0.417 e. The van der Waals surface area contributed by atoms with Crippen molar-refractivity contribution < 1.29 is 13.2 Å². The molecule has 0 atom stereocenters. The van der Waals surface area contributed by atoms with E-state index in [4.69, 9.17) is 19.4 Å². The molecule has 0 heterocycles. The first-order valence-corrected chi connectivity index (χ1v) is 4.08. The van der Waals surface area contributed by atoms with Crippen molar-refractivity contribution in [3.05, 3.63) is 22.7 Å². The number of alkyl halides is 3. The lowest BCUT2D eigenvalue weighted by atomic mass is 9.89. The van der Waals surface area contributed by atoms with E-state index in [0.29, 0.717) is 5.69 Å². The molecule has 2 radical (unpaired) electrons. The lowest BCUT2D eigenvalue weighted by Crippen LogP contribution is -2.21. The minimum Gasteiger partial charge on any atom is -0.388 e. The molecule has 0 aliphatic carbocycles. The highest BCUT2D eigenvalue weighted by Gasteiger charge is 2.34. The Hall–Kier alpha value is -0.835. The number of anilines is 1. The summed E-state index contributed by atoms with van der Waals surface area (Å²) in [5.74, 6) is 0. The van der Waals surface area contributed by atoms with Gasteiger partial charge in [0.05, 0.1) is 10.6 Å². The topological polar surface area (TPSA) is 12.0 Å². The minimum atomic E-state index is -4.52. The molecule has 0 aromatic heterocycles. The zero-order valence-electron chi connectivity index (χ0n) is 7.24. The number of nitrogens with one attached hydrogen (secondary N) is 1. The highest BCUT2D eigenvalue weighted by molar-refractivity contribution is 6.38. The van der Waals surface area contributed by atoms with Gasteiger partial charge in [0.15, 0.2) is 0 Å². The quantitative estimate of drug-likeness (QED) is 0.714. The van der Waals surface area contributed by atoms with E-state index >= 15 is 0 Å². The predicted octanol–water partition coefficient (Wildman–Crippen LogP) is 2.19. The highest BCUT2D eigenvalue weighted by Crippen LogP contribution is 2.34. The van der Waals surface area contributed by atoms with Crippen molar-refractivity contribution in [3.63, 3.8) is 0 Å². The summed E-state index contributed by atoms with van der Waals surface area (Å²) in [5, 5.41) is 2.25. The van der Waals surface area contributed by atoms with E-state index in [1.54, 1.807) is 7.05 Å². The Bertz CT molecular complexity index is 328. The second kappa shape index (κ2) is 3.73. The SMILES string of the molecule is [B]c1cc(NC)cc(Cl)c1C(F)(F)F. The Morgan fingerprint density at radius 2 is 1.93 bits per heavy atom. The van der Waals surface area contributed by atoms with Crippen molar-refractivity contribution in [2.75, 3.05) is 12.4 Å². The maximum Gasteiger partial charge on any atom is 0.417 e. The molecule has 0 unspecified atom stereocenters. The zero-order valence-corrected chi connectivity index (χ0v) is 8.00. The minimum absolute atomic E-state index is 0.380. The molecule has 1 rings (SSSR count). The van der Waals surface area contributed by atoms with Crippen molar-refractivity contribution in [2.45, 2.75) is 6.18 Å². The number of hydrogen-bond donors (Lipinski definition) is 1. The van der Waals surface area contributed by atoms with Crippen LogP contribution in [0.5, 0.6) is 0 Å². The summed E-state index contributed by atoms with van der Waals surface area (Å²) in [4.78, 5) is 0. The molecule has 0 saturated carbocycles. The van der Waals surface area contributed by atoms with Gasteiger partial charge in [0, 0.05) is 12.7 Å². The van der Waals surface area contributed by atoms with Crippen molar-refractivity contribution in [3.8, 4) is 0 Å². The van der Waals surface area contributed by atoms with E-state index in [-0.39, 0.29) is 5.46 Å². The normalized spacial score (nSPS) is 11.5. The van der Waals surface area contributed by atoms with E-state index in [1.807, 2.05) is 0 Å². The molecule has 0 amide bonds. The number of rotatable bonds is 1. The maximum atomic E-state index is 12.4. The molecule has 0 aliphatic rings. The molecule has 1 aromatic carbocycles. The molecular weight excluding hydrogens is 213 g/mol. The third-order valence-corrected chi connectivity index (χ3v) is 1.99. The van der Waals surface area contributed by atoms with Gasteiger partial charge < -0.3 is 5.32 Å². The molecule has 0 bridgehead atoms. The zero-order chi connectivity index (χ0) is 10.9. The van der Waals surface area contributed by atoms with Crippen LogP contribution in [0.2, 0.25) is 5.02 Å². The average Bonchev–Trinajstić information content (AvgIpc) is 1.99. The molecular formula is C8H6BClF3N. The molecule has 74 valence electrons. The summed E-state index contributed by atoms with van der Waals surface area (Å²) in [5.41, 5.74) is -0.923. The fourth-order valence-corrected chi connectivity index (χ4v) is 1.41. The van der Waals surface area contributed by atoms with Gasteiger partial charge in [-0.1, -0.05) is 17.1 Å². The summed E-state index contributed by atoms with van der Waals surface area (Å²) in [6, 6.07) is 2.37. The molecule has 1 N–H and O–H groups in total. The van der Waals surface area contributed by atoms with Gasteiger partial charge >= 0.3 is 6.18 Å². The van der Waals surface area contributed by atoms with Gasteiger partial charge in [0.1, 0.15) is 7.85 Å². The number of benzene rings is 1. The van der Waals surface area contributed by atoms with Gasteiger partial charge in [0.2, 0.25) is 0 Å². The Morgan fingerprint density at radius 3 is 2.29 bits per heavy atom. The van der Waals surface area contributed by atoms with Crippen LogP contribution in [0.25, 0.3) is 0 Å². The molecule has 0 saturated heterocycles. The third-order valence-electron chi connectivity index (χ3n) is 1.69. The Balaban J connectivity index is 3.33. The second-order valence-corrected chi connectivity index (χ2v) is 3.08. The van der Waals surface area contributed by atoms with E-state index in [2.05, 4.69) is 5.32 Å². The summed E-state index contributed by atoms with van der Waals surface area (Å²) in [6.45, 7) is 0. The lowest BCUT2D eigenvalue weighted by molar-refractivity contribution is -0.136. The Morgan fingerprint density at radius 1 is 1.36 bits per heavy atom. The van der Waals surface area contributed by atoms with Crippen LogP contribution in [0.4, 0.5) is 18.9 Å². The fraction of sp³-hybridized carbons (Fsp3) is 0.250. The van der Waals surface area contributed by atoms with Crippen molar-refractivity contribution >= 4 is 30.6 Å². The molecule has 1 nitrogen and oxygen atoms in total. The number of halogens is 4. The van der Waals surface area contributed by atoms with Crippen LogP contribution in [-0.2, 0) is 6.18 Å². The van der Waals surface area contributed by atoms with Gasteiger partial charge in [-0.05, 0) is 12.1 Å². The monoisotopic (exact) mass is 219 g/mol. The Labute approximate surface area is 85.7 Å². The summed E-state index contributed by atoms with van der Waals surface area (Å²) < 4.78 is 37.1. The third kappa shape index (κ3) is 2.15. The van der Waals surface area contributed by atoms with Crippen LogP contribution in [0, 0.1) is 0 Å². The highest BCUT2D eigenvalue weighted by atomic mass is 35.5. The van der Waals surface area contributed by atoms with Gasteiger partial charge in [-0.25, -0.2) is 0 Å². The van der Waals surface area contributed by atoms with Crippen LogP contribution >= 0.6 is 11.6 Å². The van der Waals surface area contributed by atoms with Crippen LogP contribution in [0.15, 0.2) is 12.1 Å². The van der Waals surface area contributed by atoms with Gasteiger partial charge in [-0.2, -0.15) is 13.2 Å². The van der Waals surface area contributed by atoms with Crippen LogP contribution < -0.4 is 10.8 Å². The van der Waals surface area contributed by atoms with Crippen LogP contribution in [0.1, 0.15) is 5.56 Å². The Kier molecular flexibility index (Phi) is 2.99. The lowest BCUT2D eigenvalue weighted by Gasteiger charge is -2.14. The molecule has 14 heavy (non-hydrogen) atoms. The van der Waals surface area contributed by atoms with Crippen LogP contribution in [0.3, 0.4) is 0 Å². The standard InChI is InChI=1S/C8H6BClF3N/c1-14-4-2-5(9)7(6(10)3-4)8(11,12)13/h2-3,14H,1H3. The average molecular weight is 219 g/mol. The molecule has 0 fully saturated rings. The van der Waals surface area contributed by atoms with Crippen molar-refractivity contribution in [2.24, 2.45) is 0 Å². The first kappa shape index (κ1) is 11.2. The van der Waals surface area contributed by atoms with Gasteiger partial charge in [-0.15, -0.1) is 0 Å². The van der Waals surface area contributed by atoms with E-state index < -0.39 is 16.8 Å². The number of hydrogen-bond acceptors (Lipinski definition) is 1. The fourth-order valence-electron chi connectivity index (χ4n) is 1.07. The predicted molar refractivity (Wildman–Crippen MR) is 51.4 cm³/mol. The van der Waals surface area contributed by atoms with Gasteiger partial charge in [-0.3, -0.25) is 0 Å². The van der Waals surface area contributed by atoms with Crippen molar-refractivity contribution in [1.82, 2.24) is 0 Å². The summed E-state index contributed by atoms with van der Waals surface area (Å²) >= 11 is 5.46. The van der Waals surface area contributed by atoms with Gasteiger partial charge in [0.25, 0.3) is 0 Å². The maximum absolute atomic E-state index is 12.4. The first-order valence-electron chi connectivity index (χ1n) is 3.70. The van der Waals surface area contributed by atoms with Crippen LogP contribution in [-0.4, -0.2) is 14.9 Å². The first-order chi connectivity index (χ1) is 6.36. The molecule has 6 heteroatoms. The summed E-state index contributed by atoms with van der Waals surface area (Å²) in [7, 11) is 6.81. The molecule has 0 spiro atoms.